The van der Waals surface area contributed by atoms with Gasteiger partial charge in [-0.25, -0.2) is 0 Å². The van der Waals surface area contributed by atoms with E-state index < -0.39 is 0 Å². The van der Waals surface area contributed by atoms with Gasteiger partial charge >= 0.3 is 0 Å². The molecule has 0 saturated carbocycles. The molecule has 0 aliphatic carbocycles. The van der Waals surface area contributed by atoms with E-state index in [9.17, 15) is 4.79 Å². The zero-order chi connectivity index (χ0) is 14.4. The number of carbonyl (C=O) groups excluding carboxylic acids is 1. The van der Waals surface area contributed by atoms with Crippen LogP contribution in [0.25, 0.3) is 0 Å². The van der Waals surface area contributed by atoms with Crippen LogP contribution in [-0.4, -0.2) is 28.1 Å². The van der Waals surface area contributed by atoms with E-state index in [4.69, 9.17) is 5.73 Å². The van der Waals surface area contributed by atoms with Gasteiger partial charge in [0.25, 0.3) is 0 Å². The van der Waals surface area contributed by atoms with Gasteiger partial charge in [-0.1, -0.05) is 47.0 Å². The number of nitrogen functional groups attached to an aromatic ring is 1. The van der Waals surface area contributed by atoms with Crippen molar-refractivity contribution in [2.75, 3.05) is 23.1 Å². The number of hydrogen-bond donors (Lipinski definition) is 2. The fourth-order valence-electron chi connectivity index (χ4n) is 1.39. The third kappa shape index (κ3) is 4.39. The highest BCUT2D eigenvalue weighted by molar-refractivity contribution is 8.02. The molecule has 3 N–H and O–H groups in total. The molecule has 1 aromatic heterocycles. The summed E-state index contributed by atoms with van der Waals surface area (Å²) >= 11 is 4.65. The quantitative estimate of drug-likeness (QED) is 0.627. The Kier molecular flexibility index (Phi) is 5.69. The number of amides is 1. The summed E-state index contributed by atoms with van der Waals surface area (Å²) in [6, 6.07) is 7.22. The Bertz CT molecular complexity index is 588. The first-order valence-electron chi connectivity index (χ1n) is 5.83. The number of nitrogens with one attached hydrogen (secondary N) is 1. The fraction of sp³-hybridized carbons (Fsp3) is 0.250. The lowest BCUT2D eigenvalue weighted by Gasteiger charge is -2.06. The predicted octanol–water partition coefficient (Wildman–Crippen LogP) is 2.96. The van der Waals surface area contributed by atoms with Crippen LogP contribution in [0.5, 0.6) is 0 Å². The molecule has 1 heterocycles. The van der Waals surface area contributed by atoms with Crippen LogP contribution in [0.3, 0.4) is 0 Å². The molecular weight excluding hydrogens is 312 g/mol. The van der Waals surface area contributed by atoms with Crippen molar-refractivity contribution in [3.05, 3.63) is 24.3 Å². The normalized spacial score (nSPS) is 10.4. The summed E-state index contributed by atoms with van der Waals surface area (Å²) in [5.41, 5.74) is 6.99. The van der Waals surface area contributed by atoms with Gasteiger partial charge in [-0.15, -0.1) is 10.2 Å². The number of rotatable bonds is 6. The molecular formula is C12H14N4OS3. The molecule has 0 radical (unpaired) electrons. The molecule has 0 aliphatic rings. The highest BCUT2D eigenvalue weighted by Crippen LogP contribution is 2.27. The highest BCUT2D eigenvalue weighted by Gasteiger charge is 2.07. The molecule has 1 aromatic carbocycles. The average molecular weight is 326 g/mol. The molecule has 0 spiro atoms. The molecule has 2 rings (SSSR count). The maximum atomic E-state index is 11.8. The first-order valence-corrected chi connectivity index (χ1v) is 8.86. The summed E-state index contributed by atoms with van der Waals surface area (Å²) in [4.78, 5) is 11.8. The smallest absolute Gasteiger partial charge is 0.225 e. The number of nitrogens with two attached hydrogens (primary N) is 1. The van der Waals surface area contributed by atoms with E-state index in [1.807, 2.05) is 18.4 Å². The van der Waals surface area contributed by atoms with Crippen LogP contribution in [-0.2, 0) is 4.79 Å². The number of para-hydroxylation sites is 2. The Morgan fingerprint density at radius 3 is 2.80 bits per heavy atom. The van der Waals surface area contributed by atoms with Crippen molar-refractivity contribution < 1.29 is 4.79 Å². The number of carbonyl (C=O) groups is 1. The van der Waals surface area contributed by atoms with Gasteiger partial charge < -0.3 is 11.1 Å². The molecule has 0 saturated heterocycles. The van der Waals surface area contributed by atoms with Gasteiger partial charge in [-0.05, 0) is 18.4 Å². The highest BCUT2D eigenvalue weighted by atomic mass is 32.2. The molecule has 5 nitrogen and oxygen atoms in total. The van der Waals surface area contributed by atoms with Gasteiger partial charge in [0.2, 0.25) is 5.91 Å². The second-order valence-electron chi connectivity index (χ2n) is 3.77. The van der Waals surface area contributed by atoms with E-state index >= 15 is 0 Å². The van der Waals surface area contributed by atoms with E-state index in [0.29, 0.717) is 23.5 Å². The standard InChI is InChI=1S/C12H14N4OS3/c1-18-11-15-16-12(20-11)19-7-6-10(17)14-9-5-3-2-4-8(9)13/h2-5H,6-7,13H2,1H3,(H,14,17). The van der Waals surface area contributed by atoms with Crippen molar-refractivity contribution in [1.29, 1.82) is 0 Å². The first-order chi connectivity index (χ1) is 9.69. The van der Waals surface area contributed by atoms with Crippen molar-refractivity contribution in [2.45, 2.75) is 15.1 Å². The van der Waals surface area contributed by atoms with Crippen LogP contribution < -0.4 is 11.1 Å². The Morgan fingerprint density at radius 2 is 2.10 bits per heavy atom. The summed E-state index contributed by atoms with van der Waals surface area (Å²) < 4.78 is 1.83. The zero-order valence-corrected chi connectivity index (χ0v) is 13.3. The third-order valence-electron chi connectivity index (χ3n) is 2.35. The number of anilines is 2. The van der Waals surface area contributed by atoms with E-state index in [1.54, 1.807) is 35.2 Å². The van der Waals surface area contributed by atoms with Crippen LogP contribution in [0, 0.1) is 0 Å². The Balaban J connectivity index is 1.77. The molecule has 106 valence electrons. The van der Waals surface area contributed by atoms with Crippen molar-refractivity contribution in [2.24, 2.45) is 0 Å². The summed E-state index contributed by atoms with van der Waals surface area (Å²) in [6.07, 6.45) is 2.37. The van der Waals surface area contributed by atoms with E-state index in [1.165, 1.54) is 11.8 Å². The topological polar surface area (TPSA) is 80.9 Å². The van der Waals surface area contributed by atoms with E-state index in [-0.39, 0.29) is 5.91 Å². The molecule has 0 bridgehead atoms. The summed E-state index contributed by atoms with van der Waals surface area (Å²) in [6.45, 7) is 0. The van der Waals surface area contributed by atoms with Crippen LogP contribution in [0.2, 0.25) is 0 Å². The van der Waals surface area contributed by atoms with Crippen molar-refractivity contribution in [3.63, 3.8) is 0 Å². The number of nitrogens with zero attached hydrogens (tertiary/aromatic N) is 2. The number of thioether (sulfide) groups is 2. The number of benzene rings is 1. The fourth-order valence-corrected chi connectivity index (χ4v) is 3.84. The second-order valence-corrected chi connectivity index (χ2v) is 7.14. The minimum atomic E-state index is -0.0509. The zero-order valence-electron chi connectivity index (χ0n) is 10.8. The molecule has 0 aliphatic heterocycles. The number of hydrogen-bond acceptors (Lipinski definition) is 7. The maximum absolute atomic E-state index is 11.8. The van der Waals surface area contributed by atoms with E-state index in [0.717, 1.165) is 8.68 Å². The minimum Gasteiger partial charge on any atom is -0.397 e. The first kappa shape index (κ1) is 15.1. The molecule has 1 amide bonds. The molecule has 0 unspecified atom stereocenters. The molecule has 8 heteroatoms. The van der Waals surface area contributed by atoms with Crippen molar-refractivity contribution in [3.8, 4) is 0 Å². The second kappa shape index (κ2) is 7.51. The average Bonchev–Trinajstić information content (AvgIpc) is 2.89. The lowest BCUT2D eigenvalue weighted by molar-refractivity contribution is -0.115. The Morgan fingerprint density at radius 1 is 1.35 bits per heavy atom. The van der Waals surface area contributed by atoms with Gasteiger partial charge in [0.15, 0.2) is 8.68 Å². The van der Waals surface area contributed by atoms with Gasteiger partial charge in [-0.3, -0.25) is 4.79 Å². The molecule has 20 heavy (non-hydrogen) atoms. The van der Waals surface area contributed by atoms with Crippen molar-refractivity contribution in [1.82, 2.24) is 10.2 Å². The molecule has 0 fully saturated rings. The summed E-state index contributed by atoms with van der Waals surface area (Å²) in [5.74, 6) is 0.617. The van der Waals surface area contributed by atoms with Gasteiger partial charge in [0.1, 0.15) is 0 Å². The lowest BCUT2D eigenvalue weighted by atomic mass is 10.2. The minimum absolute atomic E-state index is 0.0509. The molecule has 0 atom stereocenters. The van der Waals surface area contributed by atoms with Gasteiger partial charge in [0, 0.05) is 12.2 Å². The van der Waals surface area contributed by atoms with Crippen LogP contribution in [0.4, 0.5) is 11.4 Å². The van der Waals surface area contributed by atoms with Crippen molar-refractivity contribution >= 4 is 52.1 Å². The molecule has 2 aromatic rings. The summed E-state index contributed by atoms with van der Waals surface area (Å²) in [7, 11) is 0. The van der Waals surface area contributed by atoms with Crippen LogP contribution >= 0.6 is 34.9 Å². The van der Waals surface area contributed by atoms with Crippen LogP contribution in [0.15, 0.2) is 32.9 Å². The van der Waals surface area contributed by atoms with Crippen LogP contribution in [0.1, 0.15) is 6.42 Å². The van der Waals surface area contributed by atoms with Gasteiger partial charge in [0.05, 0.1) is 11.4 Å². The predicted molar refractivity (Wildman–Crippen MR) is 86.5 cm³/mol. The van der Waals surface area contributed by atoms with E-state index in [2.05, 4.69) is 15.5 Å². The van der Waals surface area contributed by atoms with Gasteiger partial charge in [-0.2, -0.15) is 0 Å². The Hall–Kier alpha value is -1.25. The maximum Gasteiger partial charge on any atom is 0.225 e. The number of aromatic nitrogens is 2. The lowest BCUT2D eigenvalue weighted by Crippen LogP contribution is -2.13. The SMILES string of the molecule is CSc1nnc(SCCC(=O)Nc2ccccc2N)s1. The summed E-state index contributed by atoms with van der Waals surface area (Å²) in [5, 5.41) is 10.8. The Labute approximate surface area is 129 Å². The largest absolute Gasteiger partial charge is 0.397 e. The monoisotopic (exact) mass is 326 g/mol. The third-order valence-corrected chi connectivity index (χ3v) is 5.39.